The van der Waals surface area contributed by atoms with Gasteiger partial charge in [-0.3, -0.25) is 0 Å². The number of rotatable bonds is 6. The van der Waals surface area contributed by atoms with Crippen molar-refractivity contribution in [2.75, 3.05) is 6.54 Å². The number of hydrogen-bond acceptors (Lipinski definition) is 3. The van der Waals surface area contributed by atoms with Crippen molar-refractivity contribution < 1.29 is 0 Å². The topological polar surface area (TPSA) is 24.9 Å². The van der Waals surface area contributed by atoms with Gasteiger partial charge in [-0.05, 0) is 49.8 Å². The van der Waals surface area contributed by atoms with Gasteiger partial charge in [0.2, 0.25) is 0 Å². The van der Waals surface area contributed by atoms with Crippen LogP contribution in [0.2, 0.25) is 0 Å². The van der Waals surface area contributed by atoms with E-state index in [1.807, 2.05) is 6.20 Å². The highest BCUT2D eigenvalue weighted by molar-refractivity contribution is 7.11. The van der Waals surface area contributed by atoms with Gasteiger partial charge in [0.1, 0.15) is 0 Å². The van der Waals surface area contributed by atoms with Crippen molar-refractivity contribution in [2.45, 2.75) is 51.5 Å². The maximum atomic E-state index is 4.43. The molecule has 0 amide bonds. The van der Waals surface area contributed by atoms with Crippen LogP contribution in [0.5, 0.6) is 0 Å². The molecule has 0 bridgehead atoms. The minimum atomic E-state index is 0.288. The third-order valence-electron chi connectivity index (χ3n) is 4.34. The highest BCUT2D eigenvalue weighted by Crippen LogP contribution is 2.37. The predicted octanol–water partition coefficient (Wildman–Crippen LogP) is 4.81. The molecule has 1 aliphatic rings. The molecule has 1 saturated carbocycles. The van der Waals surface area contributed by atoms with Gasteiger partial charge >= 0.3 is 0 Å². The first-order valence-corrected chi connectivity index (χ1v) is 8.85. The van der Waals surface area contributed by atoms with E-state index >= 15 is 0 Å². The fourth-order valence-electron chi connectivity index (χ4n) is 2.92. The van der Waals surface area contributed by atoms with E-state index in [4.69, 9.17) is 0 Å². The molecule has 1 aromatic carbocycles. The van der Waals surface area contributed by atoms with Crippen molar-refractivity contribution in [1.82, 2.24) is 10.3 Å². The summed E-state index contributed by atoms with van der Waals surface area (Å²) < 4.78 is 0. The van der Waals surface area contributed by atoms with Crippen LogP contribution in [0.15, 0.2) is 30.5 Å². The minimum absolute atomic E-state index is 0.288. The zero-order valence-corrected chi connectivity index (χ0v) is 13.7. The van der Waals surface area contributed by atoms with Crippen LogP contribution in [0.3, 0.4) is 0 Å². The third-order valence-corrected chi connectivity index (χ3v) is 5.32. The van der Waals surface area contributed by atoms with Crippen molar-refractivity contribution in [3.8, 4) is 0 Å². The number of aryl methyl sites for hydroxylation is 1. The molecule has 0 aliphatic heterocycles. The lowest BCUT2D eigenvalue weighted by Crippen LogP contribution is -2.22. The zero-order valence-electron chi connectivity index (χ0n) is 12.9. The number of thiazole rings is 1. The molecule has 0 radical (unpaired) electrons. The van der Waals surface area contributed by atoms with E-state index in [9.17, 15) is 0 Å². The second kappa shape index (κ2) is 6.71. The van der Waals surface area contributed by atoms with Crippen LogP contribution in [-0.2, 0) is 0 Å². The molecule has 1 unspecified atom stereocenters. The lowest BCUT2D eigenvalue weighted by molar-refractivity contribution is 0.419. The fourth-order valence-corrected chi connectivity index (χ4v) is 3.81. The van der Waals surface area contributed by atoms with Crippen molar-refractivity contribution in [3.63, 3.8) is 0 Å². The Bertz CT molecular complexity index is 586. The summed E-state index contributed by atoms with van der Waals surface area (Å²) in [6, 6.07) is 9.47. The first-order valence-electron chi connectivity index (χ1n) is 8.03. The third kappa shape index (κ3) is 3.35. The van der Waals surface area contributed by atoms with Gasteiger partial charge in [0, 0.05) is 11.1 Å². The molecular weight excluding hydrogens is 276 g/mol. The molecule has 1 aromatic heterocycles. The van der Waals surface area contributed by atoms with Gasteiger partial charge in [-0.1, -0.05) is 37.6 Å². The number of benzene rings is 1. The van der Waals surface area contributed by atoms with Gasteiger partial charge in [0.25, 0.3) is 0 Å². The van der Waals surface area contributed by atoms with E-state index in [0.29, 0.717) is 0 Å². The monoisotopic (exact) mass is 300 g/mol. The van der Waals surface area contributed by atoms with Gasteiger partial charge in [-0.25, -0.2) is 4.98 Å². The molecule has 112 valence electrons. The second-order valence-corrected chi connectivity index (χ2v) is 7.23. The van der Waals surface area contributed by atoms with Crippen molar-refractivity contribution >= 4 is 11.3 Å². The lowest BCUT2D eigenvalue weighted by Gasteiger charge is -2.27. The largest absolute Gasteiger partial charge is 0.306 e. The van der Waals surface area contributed by atoms with Crippen LogP contribution < -0.4 is 5.32 Å². The first kappa shape index (κ1) is 14.7. The SMILES string of the molecule is CCCNC(c1cccc(C2CCC2)c1)c1cnc(C)s1. The van der Waals surface area contributed by atoms with Gasteiger partial charge in [0.05, 0.1) is 11.0 Å². The van der Waals surface area contributed by atoms with Crippen LogP contribution in [0.1, 0.15) is 65.6 Å². The smallest absolute Gasteiger partial charge is 0.0897 e. The van der Waals surface area contributed by atoms with Crippen LogP contribution in [-0.4, -0.2) is 11.5 Å². The standard InChI is InChI=1S/C18H24N2S/c1-3-10-19-18(17-12-20-13(2)21-17)16-9-5-8-15(11-16)14-6-4-7-14/h5,8-9,11-12,14,18-19H,3-4,6-7,10H2,1-2H3. The summed E-state index contributed by atoms with van der Waals surface area (Å²) in [5, 5.41) is 4.83. The normalized spacial score (nSPS) is 16.7. The summed E-state index contributed by atoms with van der Waals surface area (Å²) in [5.74, 6) is 0.792. The molecule has 21 heavy (non-hydrogen) atoms. The molecule has 2 nitrogen and oxygen atoms in total. The number of nitrogens with one attached hydrogen (secondary N) is 1. The summed E-state index contributed by atoms with van der Waals surface area (Å²) in [6.07, 6.45) is 7.28. The molecule has 1 heterocycles. The lowest BCUT2D eigenvalue weighted by atomic mass is 9.79. The Morgan fingerprint density at radius 1 is 1.38 bits per heavy atom. The maximum Gasteiger partial charge on any atom is 0.0897 e. The van der Waals surface area contributed by atoms with Crippen molar-refractivity contribution in [2.24, 2.45) is 0 Å². The Morgan fingerprint density at radius 3 is 2.86 bits per heavy atom. The molecule has 0 spiro atoms. The van der Waals surface area contributed by atoms with Gasteiger partial charge in [-0.2, -0.15) is 0 Å². The van der Waals surface area contributed by atoms with Crippen LogP contribution >= 0.6 is 11.3 Å². The summed E-state index contributed by atoms with van der Waals surface area (Å²) >= 11 is 1.80. The number of aromatic nitrogens is 1. The van der Waals surface area contributed by atoms with E-state index in [2.05, 4.69) is 48.4 Å². The molecule has 1 aliphatic carbocycles. The summed E-state index contributed by atoms with van der Waals surface area (Å²) in [4.78, 5) is 5.76. The molecule has 1 N–H and O–H groups in total. The second-order valence-electron chi connectivity index (χ2n) is 5.97. The summed E-state index contributed by atoms with van der Waals surface area (Å²) in [6.45, 7) is 5.33. The van der Waals surface area contributed by atoms with Gasteiger partial charge in [0.15, 0.2) is 0 Å². The van der Waals surface area contributed by atoms with Crippen LogP contribution in [0.25, 0.3) is 0 Å². The molecule has 1 fully saturated rings. The number of hydrogen-bond donors (Lipinski definition) is 1. The Kier molecular flexibility index (Phi) is 4.71. The molecular formula is C18H24N2S. The molecule has 3 heteroatoms. The van der Waals surface area contributed by atoms with E-state index in [0.717, 1.165) is 23.9 Å². The predicted molar refractivity (Wildman–Crippen MR) is 90.0 cm³/mol. The highest BCUT2D eigenvalue weighted by atomic mass is 32.1. The zero-order chi connectivity index (χ0) is 14.7. The molecule has 3 rings (SSSR count). The van der Waals surface area contributed by atoms with E-state index < -0.39 is 0 Å². The Morgan fingerprint density at radius 2 is 2.24 bits per heavy atom. The van der Waals surface area contributed by atoms with Gasteiger partial charge in [-0.15, -0.1) is 11.3 Å². The molecule has 1 atom stereocenters. The Labute approximate surface area is 131 Å². The molecule has 2 aromatic rings. The van der Waals surface area contributed by atoms with E-state index in [1.54, 1.807) is 11.3 Å². The van der Waals surface area contributed by atoms with E-state index in [1.165, 1.54) is 35.3 Å². The number of nitrogens with zero attached hydrogens (tertiary/aromatic N) is 1. The van der Waals surface area contributed by atoms with Crippen LogP contribution in [0, 0.1) is 6.92 Å². The average molecular weight is 300 g/mol. The summed E-state index contributed by atoms with van der Waals surface area (Å²) in [5.41, 5.74) is 2.90. The van der Waals surface area contributed by atoms with Gasteiger partial charge < -0.3 is 5.32 Å². The van der Waals surface area contributed by atoms with E-state index in [-0.39, 0.29) is 6.04 Å². The minimum Gasteiger partial charge on any atom is -0.306 e. The van der Waals surface area contributed by atoms with Crippen molar-refractivity contribution in [3.05, 3.63) is 51.5 Å². The highest BCUT2D eigenvalue weighted by Gasteiger charge is 2.21. The summed E-state index contributed by atoms with van der Waals surface area (Å²) in [7, 11) is 0. The van der Waals surface area contributed by atoms with Crippen LogP contribution in [0.4, 0.5) is 0 Å². The quantitative estimate of drug-likeness (QED) is 0.828. The Hall–Kier alpha value is -1.19. The average Bonchev–Trinajstić information content (AvgIpc) is 2.84. The first-order chi connectivity index (χ1) is 10.3. The maximum absolute atomic E-state index is 4.43. The fraction of sp³-hybridized carbons (Fsp3) is 0.500. The molecule has 0 saturated heterocycles. The van der Waals surface area contributed by atoms with Crippen molar-refractivity contribution in [1.29, 1.82) is 0 Å². The Balaban J connectivity index is 1.88.